The van der Waals surface area contributed by atoms with E-state index in [-0.39, 0.29) is 18.4 Å². The molecule has 0 atom stereocenters. The Hall–Kier alpha value is -3.80. The van der Waals surface area contributed by atoms with E-state index in [1.54, 1.807) is 49.6 Å². The van der Waals surface area contributed by atoms with Crippen LogP contribution in [0.1, 0.15) is 15.9 Å². The third-order valence-corrected chi connectivity index (χ3v) is 4.16. The average molecular weight is 390 g/mol. The van der Waals surface area contributed by atoms with Crippen LogP contribution in [0, 0.1) is 6.92 Å². The zero-order valence-electron chi connectivity index (χ0n) is 16.3. The van der Waals surface area contributed by atoms with Gasteiger partial charge in [-0.25, -0.2) is 0 Å². The van der Waals surface area contributed by atoms with Gasteiger partial charge in [0.15, 0.2) is 18.1 Å². The number of para-hydroxylation sites is 2. The summed E-state index contributed by atoms with van der Waals surface area (Å²) in [6.45, 7) is 1.73. The molecule has 6 heteroatoms. The van der Waals surface area contributed by atoms with Crippen molar-refractivity contribution >= 4 is 23.2 Å². The number of hydrogen-bond donors (Lipinski definition) is 2. The van der Waals surface area contributed by atoms with Crippen molar-refractivity contribution in [2.45, 2.75) is 6.92 Å². The molecule has 0 aliphatic rings. The second-order valence-electron chi connectivity index (χ2n) is 6.36. The lowest BCUT2D eigenvalue weighted by molar-refractivity contribution is -0.118. The van der Waals surface area contributed by atoms with Crippen molar-refractivity contribution in [3.05, 3.63) is 83.9 Å². The standard InChI is InChI=1S/C23H22N2O4/c1-16-12-13-20(21(14-16)28-2)29-15-22(26)25-19-11-7-6-10-18(19)23(27)24-17-8-4-3-5-9-17/h3-14H,15H2,1-2H3,(H,24,27)(H,25,26). The molecule has 0 radical (unpaired) electrons. The third kappa shape index (κ3) is 5.35. The van der Waals surface area contributed by atoms with Gasteiger partial charge in [-0.1, -0.05) is 36.4 Å². The zero-order chi connectivity index (χ0) is 20.6. The zero-order valence-corrected chi connectivity index (χ0v) is 16.3. The summed E-state index contributed by atoms with van der Waals surface area (Å²) in [5, 5.41) is 5.54. The summed E-state index contributed by atoms with van der Waals surface area (Å²) in [4.78, 5) is 25.0. The highest BCUT2D eigenvalue weighted by molar-refractivity contribution is 6.10. The van der Waals surface area contributed by atoms with Gasteiger partial charge >= 0.3 is 0 Å². The molecular weight excluding hydrogens is 368 g/mol. The fourth-order valence-corrected chi connectivity index (χ4v) is 2.73. The average Bonchev–Trinajstić information content (AvgIpc) is 2.73. The van der Waals surface area contributed by atoms with Crippen molar-refractivity contribution in [3.63, 3.8) is 0 Å². The molecule has 0 saturated carbocycles. The molecule has 0 saturated heterocycles. The monoisotopic (exact) mass is 390 g/mol. The first-order valence-electron chi connectivity index (χ1n) is 9.09. The first-order valence-corrected chi connectivity index (χ1v) is 9.09. The number of anilines is 2. The highest BCUT2D eigenvalue weighted by Crippen LogP contribution is 2.27. The molecule has 0 aromatic heterocycles. The molecule has 0 spiro atoms. The molecule has 0 aliphatic carbocycles. The van der Waals surface area contributed by atoms with Gasteiger partial charge in [0.05, 0.1) is 18.4 Å². The molecule has 0 aliphatic heterocycles. The largest absolute Gasteiger partial charge is 0.493 e. The minimum atomic E-state index is -0.382. The van der Waals surface area contributed by atoms with Crippen molar-refractivity contribution in [3.8, 4) is 11.5 Å². The number of rotatable bonds is 7. The van der Waals surface area contributed by atoms with Gasteiger partial charge in [0.25, 0.3) is 11.8 Å². The summed E-state index contributed by atoms with van der Waals surface area (Å²) in [5.41, 5.74) is 2.47. The molecule has 3 aromatic rings. The Labute approximate surface area is 169 Å². The second kappa shape index (κ2) is 9.41. The van der Waals surface area contributed by atoms with E-state index in [1.807, 2.05) is 37.3 Å². The lowest BCUT2D eigenvalue weighted by Crippen LogP contribution is -2.23. The Morgan fingerprint density at radius 3 is 2.34 bits per heavy atom. The molecule has 3 aromatic carbocycles. The van der Waals surface area contributed by atoms with Crippen LogP contribution in [0.2, 0.25) is 0 Å². The number of aryl methyl sites for hydroxylation is 1. The maximum Gasteiger partial charge on any atom is 0.262 e. The summed E-state index contributed by atoms with van der Waals surface area (Å²) in [6.07, 6.45) is 0. The summed E-state index contributed by atoms with van der Waals surface area (Å²) >= 11 is 0. The summed E-state index contributed by atoms with van der Waals surface area (Å²) in [5.74, 6) is 0.338. The molecule has 6 nitrogen and oxygen atoms in total. The number of carbonyl (C=O) groups is 2. The molecule has 0 unspecified atom stereocenters. The van der Waals surface area contributed by atoms with E-state index in [0.717, 1.165) is 5.56 Å². The maximum atomic E-state index is 12.6. The fraction of sp³-hybridized carbons (Fsp3) is 0.130. The molecule has 2 N–H and O–H groups in total. The topological polar surface area (TPSA) is 76.7 Å². The molecule has 148 valence electrons. The Morgan fingerprint density at radius 2 is 1.59 bits per heavy atom. The Kier molecular flexibility index (Phi) is 6.47. The second-order valence-corrected chi connectivity index (χ2v) is 6.36. The number of nitrogens with one attached hydrogen (secondary N) is 2. The van der Waals surface area contributed by atoms with Gasteiger partial charge in [-0.15, -0.1) is 0 Å². The predicted molar refractivity (Wildman–Crippen MR) is 113 cm³/mol. The number of amides is 2. The smallest absolute Gasteiger partial charge is 0.262 e. The Balaban J connectivity index is 1.66. The SMILES string of the molecule is COc1cc(C)ccc1OCC(=O)Nc1ccccc1C(=O)Nc1ccccc1. The highest BCUT2D eigenvalue weighted by atomic mass is 16.5. The van der Waals surface area contributed by atoms with Crippen LogP contribution in [0.25, 0.3) is 0 Å². The van der Waals surface area contributed by atoms with Crippen molar-refractivity contribution in [1.29, 1.82) is 0 Å². The van der Waals surface area contributed by atoms with Gasteiger partial charge in [0.2, 0.25) is 0 Å². The van der Waals surface area contributed by atoms with Crippen LogP contribution < -0.4 is 20.1 Å². The van der Waals surface area contributed by atoms with Gasteiger partial charge in [-0.2, -0.15) is 0 Å². The third-order valence-electron chi connectivity index (χ3n) is 4.16. The molecule has 0 heterocycles. The van der Waals surface area contributed by atoms with Crippen molar-refractivity contribution in [1.82, 2.24) is 0 Å². The molecule has 2 amide bonds. The van der Waals surface area contributed by atoms with Crippen molar-refractivity contribution in [2.24, 2.45) is 0 Å². The number of ether oxygens (including phenoxy) is 2. The van der Waals surface area contributed by atoms with E-state index in [2.05, 4.69) is 10.6 Å². The minimum Gasteiger partial charge on any atom is -0.493 e. The van der Waals surface area contributed by atoms with E-state index in [9.17, 15) is 9.59 Å². The van der Waals surface area contributed by atoms with E-state index < -0.39 is 0 Å². The minimum absolute atomic E-state index is 0.214. The molecule has 0 bridgehead atoms. The van der Waals surface area contributed by atoms with Crippen LogP contribution in [0.4, 0.5) is 11.4 Å². The van der Waals surface area contributed by atoms with Crippen LogP contribution in [-0.4, -0.2) is 25.5 Å². The normalized spacial score (nSPS) is 10.1. The van der Waals surface area contributed by atoms with E-state index in [1.165, 1.54) is 0 Å². The lowest BCUT2D eigenvalue weighted by Gasteiger charge is -2.13. The fourth-order valence-electron chi connectivity index (χ4n) is 2.73. The summed E-state index contributed by atoms with van der Waals surface area (Å²) in [7, 11) is 1.54. The first kappa shape index (κ1) is 19.9. The van der Waals surface area contributed by atoms with E-state index in [0.29, 0.717) is 28.4 Å². The number of hydrogen-bond acceptors (Lipinski definition) is 4. The van der Waals surface area contributed by atoms with E-state index >= 15 is 0 Å². The molecule has 0 fully saturated rings. The van der Waals surface area contributed by atoms with Crippen molar-refractivity contribution in [2.75, 3.05) is 24.4 Å². The summed E-state index contributed by atoms with van der Waals surface area (Å²) in [6, 6.07) is 21.4. The van der Waals surface area contributed by atoms with Crippen LogP contribution in [0.3, 0.4) is 0 Å². The van der Waals surface area contributed by atoms with Gasteiger partial charge in [-0.3, -0.25) is 9.59 Å². The number of benzene rings is 3. The Morgan fingerprint density at radius 1 is 0.862 bits per heavy atom. The van der Waals surface area contributed by atoms with Crippen LogP contribution in [-0.2, 0) is 4.79 Å². The van der Waals surface area contributed by atoms with Gasteiger partial charge in [0.1, 0.15) is 0 Å². The highest BCUT2D eigenvalue weighted by Gasteiger charge is 2.14. The maximum absolute atomic E-state index is 12.6. The van der Waals surface area contributed by atoms with E-state index in [4.69, 9.17) is 9.47 Å². The van der Waals surface area contributed by atoms with Crippen LogP contribution >= 0.6 is 0 Å². The molecule has 29 heavy (non-hydrogen) atoms. The van der Waals surface area contributed by atoms with Gasteiger partial charge < -0.3 is 20.1 Å². The molecule has 3 rings (SSSR count). The van der Waals surface area contributed by atoms with Crippen molar-refractivity contribution < 1.29 is 19.1 Å². The summed E-state index contributed by atoms with van der Waals surface area (Å²) < 4.78 is 10.8. The van der Waals surface area contributed by atoms with Crippen LogP contribution in [0.5, 0.6) is 11.5 Å². The number of methoxy groups -OCH3 is 1. The number of carbonyl (C=O) groups excluding carboxylic acids is 2. The molecular formula is C23H22N2O4. The lowest BCUT2D eigenvalue weighted by atomic mass is 10.1. The first-order chi connectivity index (χ1) is 14.1. The quantitative estimate of drug-likeness (QED) is 0.632. The van der Waals surface area contributed by atoms with Crippen LogP contribution in [0.15, 0.2) is 72.8 Å². The Bertz CT molecular complexity index is 1000. The van der Waals surface area contributed by atoms with Gasteiger partial charge in [0, 0.05) is 5.69 Å². The predicted octanol–water partition coefficient (Wildman–Crippen LogP) is 4.27. The van der Waals surface area contributed by atoms with Gasteiger partial charge in [-0.05, 0) is 48.9 Å².